The molecular formula is C25H22N4O4S. The normalized spacial score (nSPS) is 10.4. The fourth-order valence-corrected chi connectivity index (χ4v) is 4.09. The van der Waals surface area contributed by atoms with E-state index >= 15 is 0 Å². The standard InChI is InChI=1S/C25H22N4O4S/c1-32-19-14-18(20(33-2)13-17(19)27-23(30)16-11-7-4-8-12-16)28-24(31)22-21(29-25(26)34-22)15-9-5-3-6-10-15/h3-14H,1-2H3,(H2,26,29)(H,27,30)(H,28,31). The smallest absolute Gasteiger partial charge is 0.268 e. The Kier molecular flexibility index (Phi) is 6.74. The fraction of sp³-hybridized carbons (Fsp3) is 0.0800. The van der Waals surface area contributed by atoms with Gasteiger partial charge in [0.25, 0.3) is 11.8 Å². The maximum absolute atomic E-state index is 13.2. The van der Waals surface area contributed by atoms with Gasteiger partial charge < -0.3 is 25.8 Å². The zero-order chi connectivity index (χ0) is 24.1. The van der Waals surface area contributed by atoms with Crippen molar-refractivity contribution >= 4 is 39.7 Å². The van der Waals surface area contributed by atoms with Crippen LogP contribution in [0, 0.1) is 0 Å². The highest BCUT2D eigenvalue weighted by molar-refractivity contribution is 7.17. The maximum atomic E-state index is 13.2. The minimum absolute atomic E-state index is 0.285. The summed E-state index contributed by atoms with van der Waals surface area (Å²) in [6.45, 7) is 0. The second-order valence-corrected chi connectivity index (χ2v) is 8.15. The highest BCUT2D eigenvalue weighted by atomic mass is 32.1. The van der Waals surface area contributed by atoms with Gasteiger partial charge in [0.1, 0.15) is 16.4 Å². The van der Waals surface area contributed by atoms with Crippen LogP contribution in [0.25, 0.3) is 11.3 Å². The first-order valence-electron chi connectivity index (χ1n) is 10.3. The molecule has 4 N–H and O–H groups in total. The van der Waals surface area contributed by atoms with Crippen LogP contribution in [0.1, 0.15) is 20.0 Å². The van der Waals surface area contributed by atoms with Crippen molar-refractivity contribution in [3.63, 3.8) is 0 Å². The number of benzene rings is 3. The van der Waals surface area contributed by atoms with Crippen molar-refractivity contribution in [2.45, 2.75) is 0 Å². The van der Waals surface area contributed by atoms with Crippen LogP contribution in [0.5, 0.6) is 11.5 Å². The Balaban J connectivity index is 1.63. The number of hydrogen-bond acceptors (Lipinski definition) is 7. The highest BCUT2D eigenvalue weighted by Crippen LogP contribution is 2.38. The molecule has 0 bridgehead atoms. The molecule has 0 radical (unpaired) electrons. The molecule has 0 saturated heterocycles. The van der Waals surface area contributed by atoms with E-state index in [9.17, 15) is 9.59 Å². The molecule has 0 aliphatic heterocycles. The third-order valence-corrected chi connectivity index (χ3v) is 5.83. The SMILES string of the molecule is COc1cc(NC(=O)c2sc(N)nc2-c2ccccc2)c(OC)cc1NC(=O)c1ccccc1. The number of carbonyl (C=O) groups excluding carboxylic acids is 2. The largest absolute Gasteiger partial charge is 0.494 e. The number of nitrogens with zero attached hydrogens (tertiary/aromatic N) is 1. The Morgan fingerprint density at radius 3 is 1.91 bits per heavy atom. The lowest BCUT2D eigenvalue weighted by molar-refractivity contribution is 0.101. The van der Waals surface area contributed by atoms with Crippen LogP contribution < -0.4 is 25.8 Å². The maximum Gasteiger partial charge on any atom is 0.268 e. The third-order valence-electron chi connectivity index (χ3n) is 4.95. The zero-order valence-electron chi connectivity index (χ0n) is 18.5. The van der Waals surface area contributed by atoms with E-state index in [1.54, 1.807) is 36.4 Å². The highest BCUT2D eigenvalue weighted by Gasteiger charge is 2.21. The molecule has 172 valence electrons. The number of methoxy groups -OCH3 is 2. The Labute approximate surface area is 200 Å². The Bertz CT molecular complexity index is 1320. The molecule has 0 aliphatic rings. The lowest BCUT2D eigenvalue weighted by Gasteiger charge is -2.16. The van der Waals surface area contributed by atoms with Crippen molar-refractivity contribution in [3.8, 4) is 22.8 Å². The monoisotopic (exact) mass is 474 g/mol. The van der Waals surface area contributed by atoms with E-state index in [1.807, 2.05) is 36.4 Å². The molecule has 0 atom stereocenters. The molecule has 2 amide bonds. The summed E-state index contributed by atoms with van der Waals surface area (Å²) in [6.07, 6.45) is 0. The van der Waals surface area contributed by atoms with Gasteiger partial charge in [0.15, 0.2) is 5.13 Å². The van der Waals surface area contributed by atoms with Gasteiger partial charge in [-0.1, -0.05) is 59.9 Å². The van der Waals surface area contributed by atoms with E-state index in [0.29, 0.717) is 39.0 Å². The van der Waals surface area contributed by atoms with E-state index in [-0.39, 0.29) is 11.0 Å². The van der Waals surface area contributed by atoms with Gasteiger partial charge in [0, 0.05) is 23.3 Å². The van der Waals surface area contributed by atoms with Crippen molar-refractivity contribution in [2.75, 3.05) is 30.6 Å². The van der Waals surface area contributed by atoms with E-state index in [4.69, 9.17) is 15.2 Å². The van der Waals surface area contributed by atoms with Gasteiger partial charge >= 0.3 is 0 Å². The number of carbonyl (C=O) groups is 2. The Hall–Kier alpha value is -4.37. The van der Waals surface area contributed by atoms with Crippen molar-refractivity contribution in [2.24, 2.45) is 0 Å². The molecule has 8 nitrogen and oxygen atoms in total. The first-order valence-corrected chi connectivity index (χ1v) is 11.1. The molecule has 4 aromatic rings. The lowest BCUT2D eigenvalue weighted by atomic mass is 10.1. The molecular weight excluding hydrogens is 452 g/mol. The minimum atomic E-state index is -0.394. The Morgan fingerprint density at radius 1 is 0.824 bits per heavy atom. The molecule has 0 unspecified atom stereocenters. The van der Waals surface area contributed by atoms with Crippen LogP contribution in [0.15, 0.2) is 72.8 Å². The van der Waals surface area contributed by atoms with Crippen LogP contribution in [-0.2, 0) is 0 Å². The number of nitrogen functional groups attached to an aromatic ring is 1. The quantitative estimate of drug-likeness (QED) is 0.350. The molecule has 0 spiro atoms. The van der Waals surface area contributed by atoms with E-state index in [2.05, 4.69) is 15.6 Å². The van der Waals surface area contributed by atoms with Gasteiger partial charge in [0.2, 0.25) is 0 Å². The number of rotatable bonds is 7. The number of anilines is 3. The summed E-state index contributed by atoms with van der Waals surface area (Å²) in [5.41, 5.74) is 8.45. The molecule has 1 heterocycles. The topological polar surface area (TPSA) is 116 Å². The predicted octanol–water partition coefficient (Wildman–Crippen LogP) is 4.91. The summed E-state index contributed by atoms with van der Waals surface area (Å²) in [5, 5.41) is 5.95. The molecule has 9 heteroatoms. The van der Waals surface area contributed by atoms with Crippen LogP contribution in [0.2, 0.25) is 0 Å². The van der Waals surface area contributed by atoms with Gasteiger partial charge in [0.05, 0.1) is 31.3 Å². The van der Waals surface area contributed by atoms with Crippen LogP contribution >= 0.6 is 11.3 Å². The number of hydrogen-bond donors (Lipinski definition) is 3. The number of nitrogens with two attached hydrogens (primary N) is 1. The summed E-state index contributed by atoms with van der Waals surface area (Å²) in [4.78, 5) is 30.5. The molecule has 0 saturated carbocycles. The minimum Gasteiger partial charge on any atom is -0.494 e. The fourth-order valence-electron chi connectivity index (χ4n) is 3.34. The summed E-state index contributed by atoms with van der Waals surface area (Å²) in [7, 11) is 2.95. The average Bonchev–Trinajstić information content (AvgIpc) is 3.27. The van der Waals surface area contributed by atoms with Gasteiger partial charge in [-0.05, 0) is 12.1 Å². The second-order valence-electron chi connectivity index (χ2n) is 7.12. The van der Waals surface area contributed by atoms with Crippen LogP contribution in [-0.4, -0.2) is 31.0 Å². The second kappa shape index (κ2) is 10.1. The number of nitrogens with one attached hydrogen (secondary N) is 2. The molecule has 0 aliphatic carbocycles. The molecule has 0 fully saturated rings. The number of amides is 2. The number of aromatic nitrogens is 1. The summed E-state index contributed by atoms with van der Waals surface area (Å²) < 4.78 is 10.9. The van der Waals surface area contributed by atoms with Gasteiger partial charge in [-0.25, -0.2) is 4.98 Å². The van der Waals surface area contributed by atoms with Gasteiger partial charge in [-0.15, -0.1) is 0 Å². The third kappa shape index (κ3) is 4.84. The average molecular weight is 475 g/mol. The van der Waals surface area contributed by atoms with Crippen molar-refractivity contribution < 1.29 is 19.1 Å². The Morgan fingerprint density at radius 2 is 1.35 bits per heavy atom. The zero-order valence-corrected chi connectivity index (χ0v) is 19.3. The number of ether oxygens (including phenoxy) is 2. The van der Waals surface area contributed by atoms with Crippen LogP contribution in [0.3, 0.4) is 0 Å². The van der Waals surface area contributed by atoms with Gasteiger partial charge in [-0.3, -0.25) is 9.59 Å². The summed E-state index contributed by atoms with van der Waals surface area (Å²) in [6, 6.07) is 21.3. The number of thiazole rings is 1. The summed E-state index contributed by atoms with van der Waals surface area (Å²) >= 11 is 1.09. The summed E-state index contributed by atoms with van der Waals surface area (Å²) in [5.74, 6) is 0.00333. The molecule has 1 aromatic heterocycles. The molecule has 34 heavy (non-hydrogen) atoms. The lowest BCUT2D eigenvalue weighted by Crippen LogP contribution is -2.15. The van der Waals surface area contributed by atoms with E-state index in [1.165, 1.54) is 14.2 Å². The van der Waals surface area contributed by atoms with Gasteiger partial charge in [-0.2, -0.15) is 0 Å². The first-order chi connectivity index (χ1) is 16.5. The predicted molar refractivity (Wildman–Crippen MR) is 134 cm³/mol. The molecule has 3 aromatic carbocycles. The first kappa shape index (κ1) is 22.8. The van der Waals surface area contributed by atoms with Crippen molar-refractivity contribution in [1.29, 1.82) is 0 Å². The van der Waals surface area contributed by atoms with Crippen molar-refractivity contribution in [3.05, 3.63) is 83.2 Å². The van der Waals surface area contributed by atoms with Crippen molar-refractivity contribution in [1.82, 2.24) is 4.98 Å². The molecule has 4 rings (SSSR count). The van der Waals surface area contributed by atoms with Crippen LogP contribution in [0.4, 0.5) is 16.5 Å². The van der Waals surface area contributed by atoms with E-state index in [0.717, 1.165) is 16.9 Å². The van der Waals surface area contributed by atoms with E-state index < -0.39 is 5.91 Å².